The van der Waals surface area contributed by atoms with Gasteiger partial charge in [-0.05, 0) is 50.8 Å². The minimum atomic E-state index is -2.66. The van der Waals surface area contributed by atoms with E-state index in [0.717, 1.165) is 17.7 Å². The molecule has 13 heteroatoms. The van der Waals surface area contributed by atoms with Gasteiger partial charge in [0.2, 0.25) is 0 Å². The summed E-state index contributed by atoms with van der Waals surface area (Å²) >= 11 is 0.232. The van der Waals surface area contributed by atoms with E-state index in [2.05, 4.69) is 25.0 Å². The molecule has 0 spiro atoms. The zero-order chi connectivity index (χ0) is 30.4. The Hall–Kier alpha value is -4.23. The molecular formula is C29H33F3N8OS. The van der Waals surface area contributed by atoms with Crippen molar-refractivity contribution < 1.29 is 17.9 Å². The fraction of sp³-hybridized carbons (Fsp3) is 0.276. The zero-order valence-corrected chi connectivity index (χ0v) is 24.5. The Morgan fingerprint density at radius 2 is 1.90 bits per heavy atom. The number of likely N-dealkylation sites (N-methyl/N-ethyl adjacent to an activating group) is 1. The van der Waals surface area contributed by atoms with Crippen LogP contribution in [0.25, 0.3) is 11.1 Å². The van der Waals surface area contributed by atoms with Gasteiger partial charge in [-0.2, -0.15) is 13.9 Å². The topological polar surface area (TPSA) is 117 Å². The standard InChI is InChI=1S/C29H33F3N8OS/c1-17(18-5-8-21(30)9-6-18)41-24-13-19(7-10-23(24)38-42-29(31)32)26(33)25-27(35-2)22(15-36-28(25)34)20-14-37-40(16-20)12-11-39(3)4/h5-10,13-17,29,33,38H,11-12H2,1-4H3,(H3,34,35,36). The Morgan fingerprint density at radius 3 is 2.57 bits per heavy atom. The highest BCUT2D eigenvalue weighted by Gasteiger charge is 2.22. The number of halogens is 3. The summed E-state index contributed by atoms with van der Waals surface area (Å²) in [6, 6.07) is 10.6. The van der Waals surface area contributed by atoms with E-state index in [1.165, 1.54) is 12.1 Å². The quantitative estimate of drug-likeness (QED) is 0.108. The molecule has 2 aromatic heterocycles. The number of aromatic nitrogens is 3. The zero-order valence-electron chi connectivity index (χ0n) is 23.7. The van der Waals surface area contributed by atoms with Gasteiger partial charge in [0, 0.05) is 54.6 Å². The second kappa shape index (κ2) is 13.6. The molecule has 0 saturated carbocycles. The molecule has 0 aliphatic carbocycles. The number of benzene rings is 2. The third kappa shape index (κ3) is 7.34. The molecule has 222 valence electrons. The normalized spacial score (nSPS) is 12.0. The average Bonchev–Trinajstić information content (AvgIpc) is 3.44. The fourth-order valence-electron chi connectivity index (χ4n) is 4.29. The summed E-state index contributed by atoms with van der Waals surface area (Å²) in [5.41, 5.74) is 10.3. The number of anilines is 3. The molecule has 1 atom stereocenters. The van der Waals surface area contributed by atoms with E-state index in [4.69, 9.17) is 15.9 Å². The summed E-state index contributed by atoms with van der Waals surface area (Å²) in [5.74, 6) is -2.67. The number of rotatable bonds is 13. The van der Waals surface area contributed by atoms with E-state index in [1.54, 1.807) is 56.7 Å². The fourth-order valence-corrected chi connectivity index (χ4v) is 4.67. The van der Waals surface area contributed by atoms with Crippen molar-refractivity contribution in [3.63, 3.8) is 0 Å². The van der Waals surface area contributed by atoms with Crippen molar-refractivity contribution in [1.82, 2.24) is 19.7 Å². The molecule has 0 saturated heterocycles. The van der Waals surface area contributed by atoms with Crippen LogP contribution in [0, 0.1) is 11.2 Å². The van der Waals surface area contributed by atoms with Crippen LogP contribution in [-0.2, 0) is 6.54 Å². The lowest BCUT2D eigenvalue weighted by Crippen LogP contribution is -2.18. The average molecular weight is 599 g/mol. The van der Waals surface area contributed by atoms with Crippen LogP contribution in [0.1, 0.15) is 29.7 Å². The Morgan fingerprint density at radius 1 is 1.17 bits per heavy atom. The van der Waals surface area contributed by atoms with Crippen molar-refractivity contribution in [3.8, 4) is 16.9 Å². The summed E-state index contributed by atoms with van der Waals surface area (Å²) in [5, 5.41) is 16.7. The molecule has 0 bridgehead atoms. The molecule has 0 aliphatic rings. The largest absolute Gasteiger partial charge is 0.484 e. The van der Waals surface area contributed by atoms with Crippen LogP contribution < -0.4 is 20.5 Å². The van der Waals surface area contributed by atoms with E-state index >= 15 is 0 Å². The van der Waals surface area contributed by atoms with Gasteiger partial charge in [-0.25, -0.2) is 9.37 Å². The van der Waals surface area contributed by atoms with Gasteiger partial charge in [-0.15, -0.1) is 0 Å². The lowest BCUT2D eigenvalue weighted by atomic mass is 9.97. The summed E-state index contributed by atoms with van der Waals surface area (Å²) < 4.78 is 50.0. The first-order chi connectivity index (χ1) is 20.1. The number of nitrogen functional groups attached to an aromatic ring is 1. The second-order valence-corrected chi connectivity index (χ2v) is 10.5. The van der Waals surface area contributed by atoms with Gasteiger partial charge in [-0.3, -0.25) is 10.1 Å². The summed E-state index contributed by atoms with van der Waals surface area (Å²) in [4.78, 5) is 6.43. The molecule has 0 amide bonds. The molecular weight excluding hydrogens is 565 g/mol. The number of ether oxygens (including phenoxy) is 1. The molecule has 1 unspecified atom stereocenters. The van der Waals surface area contributed by atoms with Crippen molar-refractivity contribution in [2.75, 3.05) is 43.5 Å². The highest BCUT2D eigenvalue weighted by molar-refractivity contribution is 8.00. The van der Waals surface area contributed by atoms with Crippen LogP contribution in [0.3, 0.4) is 0 Å². The number of nitrogens with one attached hydrogen (secondary N) is 3. The summed E-state index contributed by atoms with van der Waals surface area (Å²) in [7, 11) is 5.72. The van der Waals surface area contributed by atoms with E-state index < -0.39 is 11.9 Å². The summed E-state index contributed by atoms with van der Waals surface area (Å²) in [6.45, 7) is 3.29. The maximum Gasteiger partial charge on any atom is 0.302 e. The van der Waals surface area contributed by atoms with Gasteiger partial charge in [0.15, 0.2) is 0 Å². The SMILES string of the molecule is CNc1c(-c2cnn(CCN(C)C)c2)cnc(N)c1C(=N)c1ccc(NSC(F)F)c(OC(C)c2ccc(F)cc2)c1. The predicted octanol–water partition coefficient (Wildman–Crippen LogP) is 6.11. The smallest absolute Gasteiger partial charge is 0.302 e. The maximum absolute atomic E-state index is 13.4. The van der Waals surface area contributed by atoms with E-state index in [9.17, 15) is 13.2 Å². The monoisotopic (exact) mass is 598 g/mol. The van der Waals surface area contributed by atoms with Gasteiger partial charge < -0.3 is 25.4 Å². The number of nitrogens with zero attached hydrogens (tertiary/aromatic N) is 4. The van der Waals surface area contributed by atoms with Crippen molar-refractivity contribution in [1.29, 1.82) is 5.41 Å². The molecule has 2 aromatic carbocycles. The van der Waals surface area contributed by atoms with Gasteiger partial charge in [0.1, 0.15) is 23.5 Å². The Balaban J connectivity index is 1.70. The van der Waals surface area contributed by atoms with Crippen molar-refractivity contribution in [3.05, 3.63) is 83.6 Å². The first-order valence-corrected chi connectivity index (χ1v) is 13.9. The third-order valence-corrected chi connectivity index (χ3v) is 7.02. The first-order valence-electron chi connectivity index (χ1n) is 13.1. The molecule has 2 heterocycles. The Labute approximate surface area is 246 Å². The van der Waals surface area contributed by atoms with Crippen LogP contribution in [-0.4, -0.2) is 58.8 Å². The lowest BCUT2D eigenvalue weighted by molar-refractivity contribution is 0.228. The first kappa shape index (κ1) is 30.7. The van der Waals surface area contributed by atoms with Crippen molar-refractivity contribution in [2.24, 2.45) is 0 Å². The van der Waals surface area contributed by atoms with Gasteiger partial charge in [0.05, 0.1) is 35.4 Å². The van der Waals surface area contributed by atoms with E-state index in [1.807, 2.05) is 25.0 Å². The maximum atomic E-state index is 13.4. The molecule has 0 fully saturated rings. The van der Waals surface area contributed by atoms with Crippen LogP contribution in [0.4, 0.5) is 30.4 Å². The number of alkyl halides is 2. The lowest BCUT2D eigenvalue weighted by Gasteiger charge is -2.20. The van der Waals surface area contributed by atoms with Crippen LogP contribution in [0.2, 0.25) is 0 Å². The van der Waals surface area contributed by atoms with Crippen molar-refractivity contribution >= 4 is 34.9 Å². The minimum Gasteiger partial charge on any atom is -0.484 e. The molecule has 4 aromatic rings. The summed E-state index contributed by atoms with van der Waals surface area (Å²) in [6.07, 6.45) is 4.74. The molecule has 5 N–H and O–H groups in total. The predicted molar refractivity (Wildman–Crippen MR) is 163 cm³/mol. The van der Waals surface area contributed by atoms with E-state index in [0.29, 0.717) is 34.6 Å². The van der Waals surface area contributed by atoms with Crippen LogP contribution in [0.5, 0.6) is 5.75 Å². The van der Waals surface area contributed by atoms with Gasteiger partial charge >= 0.3 is 5.76 Å². The highest BCUT2D eigenvalue weighted by atomic mass is 32.2. The van der Waals surface area contributed by atoms with E-state index in [-0.39, 0.29) is 35.0 Å². The third-order valence-electron chi connectivity index (χ3n) is 6.50. The van der Waals surface area contributed by atoms with Gasteiger partial charge in [0.25, 0.3) is 0 Å². The Bertz CT molecular complexity index is 1530. The van der Waals surface area contributed by atoms with Gasteiger partial charge in [-0.1, -0.05) is 18.2 Å². The minimum absolute atomic E-state index is 0.0542. The number of hydrogen-bond donors (Lipinski definition) is 4. The highest BCUT2D eigenvalue weighted by Crippen LogP contribution is 2.37. The number of hydrogen-bond acceptors (Lipinski definition) is 9. The molecule has 0 aliphatic heterocycles. The second-order valence-electron chi connectivity index (χ2n) is 9.73. The van der Waals surface area contributed by atoms with Crippen LogP contribution in [0.15, 0.2) is 61.1 Å². The van der Waals surface area contributed by atoms with Crippen LogP contribution >= 0.6 is 11.9 Å². The van der Waals surface area contributed by atoms with Crippen molar-refractivity contribution in [2.45, 2.75) is 25.3 Å². The molecule has 9 nitrogen and oxygen atoms in total. The molecule has 0 radical (unpaired) electrons. The molecule has 4 rings (SSSR count). The number of nitrogens with two attached hydrogens (primary N) is 1. The Kier molecular flexibility index (Phi) is 9.96. The molecule has 42 heavy (non-hydrogen) atoms. The number of pyridine rings is 1.